The molecule has 9 heteroatoms. The van der Waals surface area contributed by atoms with Gasteiger partial charge < -0.3 is 19.9 Å². The summed E-state index contributed by atoms with van der Waals surface area (Å²) in [7, 11) is -1.20. The monoisotopic (exact) mass is 369 g/mol. The standard InChI is InChI=1S/C16H27N5O3S/c1-17-16(19-7-12-24-13-14-25(2,22)23)21-10-8-20(9-11-21)15-5-3-4-6-18-15/h3-6H,7-14H2,1-2H3,(H,17,19). The topological polar surface area (TPSA) is 87.1 Å². The minimum atomic E-state index is -2.96. The first-order valence-corrected chi connectivity index (χ1v) is 10.4. The highest BCUT2D eigenvalue weighted by atomic mass is 32.2. The Bertz CT molecular complexity index is 643. The Morgan fingerprint density at radius 1 is 1.28 bits per heavy atom. The molecule has 0 radical (unpaired) electrons. The molecule has 0 unspecified atom stereocenters. The van der Waals surface area contributed by atoms with Crippen LogP contribution in [0.4, 0.5) is 5.82 Å². The zero-order valence-corrected chi connectivity index (χ0v) is 15.7. The molecule has 2 rings (SSSR count). The van der Waals surface area contributed by atoms with Gasteiger partial charge >= 0.3 is 0 Å². The molecule has 25 heavy (non-hydrogen) atoms. The molecule has 1 fully saturated rings. The second-order valence-corrected chi connectivity index (χ2v) is 8.14. The van der Waals surface area contributed by atoms with E-state index >= 15 is 0 Å². The molecule has 0 bridgehead atoms. The van der Waals surface area contributed by atoms with Crippen molar-refractivity contribution >= 4 is 21.6 Å². The summed E-state index contributed by atoms with van der Waals surface area (Å²) in [6, 6.07) is 5.94. The number of aliphatic imine (C=N–C) groups is 1. The van der Waals surface area contributed by atoms with Gasteiger partial charge in [0.25, 0.3) is 0 Å². The highest BCUT2D eigenvalue weighted by Gasteiger charge is 2.20. The van der Waals surface area contributed by atoms with E-state index in [1.807, 2.05) is 24.4 Å². The Morgan fingerprint density at radius 3 is 2.64 bits per heavy atom. The van der Waals surface area contributed by atoms with Crippen LogP contribution in [0.25, 0.3) is 0 Å². The van der Waals surface area contributed by atoms with Gasteiger partial charge in [-0.3, -0.25) is 4.99 Å². The normalized spacial score (nSPS) is 16.2. The smallest absolute Gasteiger partial charge is 0.193 e. The van der Waals surface area contributed by atoms with E-state index in [2.05, 4.69) is 25.1 Å². The molecule has 1 aliphatic heterocycles. The van der Waals surface area contributed by atoms with Crippen molar-refractivity contribution in [3.8, 4) is 0 Å². The van der Waals surface area contributed by atoms with Crippen LogP contribution in [0.3, 0.4) is 0 Å². The zero-order valence-electron chi connectivity index (χ0n) is 14.9. The minimum Gasteiger partial charge on any atom is -0.379 e. The molecule has 1 N–H and O–H groups in total. The van der Waals surface area contributed by atoms with E-state index in [1.165, 1.54) is 6.26 Å². The Balaban J connectivity index is 1.68. The van der Waals surface area contributed by atoms with Crippen LogP contribution in [0.5, 0.6) is 0 Å². The first kappa shape index (κ1) is 19.5. The van der Waals surface area contributed by atoms with Crippen LogP contribution < -0.4 is 10.2 Å². The van der Waals surface area contributed by atoms with Crippen molar-refractivity contribution in [2.24, 2.45) is 4.99 Å². The third-order valence-electron chi connectivity index (χ3n) is 3.89. The molecule has 1 saturated heterocycles. The Morgan fingerprint density at radius 2 is 2.04 bits per heavy atom. The van der Waals surface area contributed by atoms with Crippen LogP contribution in [-0.2, 0) is 14.6 Å². The molecule has 1 aromatic rings. The largest absolute Gasteiger partial charge is 0.379 e. The number of anilines is 1. The molecule has 1 aromatic heterocycles. The molecule has 140 valence electrons. The van der Waals surface area contributed by atoms with Gasteiger partial charge in [-0.25, -0.2) is 13.4 Å². The van der Waals surface area contributed by atoms with Gasteiger partial charge in [0.15, 0.2) is 5.96 Å². The van der Waals surface area contributed by atoms with E-state index in [9.17, 15) is 8.42 Å². The van der Waals surface area contributed by atoms with Gasteiger partial charge in [-0.05, 0) is 12.1 Å². The van der Waals surface area contributed by atoms with Crippen LogP contribution in [0.2, 0.25) is 0 Å². The van der Waals surface area contributed by atoms with Gasteiger partial charge in [0.1, 0.15) is 15.7 Å². The number of guanidine groups is 1. The quantitative estimate of drug-likeness (QED) is 0.406. The lowest BCUT2D eigenvalue weighted by Crippen LogP contribution is -2.53. The number of sulfone groups is 1. The van der Waals surface area contributed by atoms with E-state index in [0.29, 0.717) is 13.2 Å². The van der Waals surface area contributed by atoms with Crippen molar-refractivity contribution in [1.82, 2.24) is 15.2 Å². The number of pyridine rings is 1. The number of hydrogen-bond acceptors (Lipinski definition) is 6. The molecule has 0 aliphatic carbocycles. The molecule has 0 amide bonds. The maximum absolute atomic E-state index is 11.0. The summed E-state index contributed by atoms with van der Waals surface area (Å²) in [5.74, 6) is 1.90. The van der Waals surface area contributed by atoms with Gasteiger partial charge in [0, 0.05) is 52.2 Å². The van der Waals surface area contributed by atoms with Crippen LogP contribution in [0.15, 0.2) is 29.4 Å². The van der Waals surface area contributed by atoms with E-state index < -0.39 is 9.84 Å². The first-order chi connectivity index (χ1) is 12.0. The van der Waals surface area contributed by atoms with Crippen LogP contribution in [-0.4, -0.2) is 89.3 Å². The fourth-order valence-corrected chi connectivity index (χ4v) is 2.99. The van der Waals surface area contributed by atoms with E-state index in [1.54, 1.807) is 7.05 Å². The average Bonchev–Trinajstić information content (AvgIpc) is 2.61. The van der Waals surface area contributed by atoms with Crippen molar-refractivity contribution in [3.05, 3.63) is 24.4 Å². The lowest BCUT2D eigenvalue weighted by atomic mass is 10.3. The SMILES string of the molecule is CN=C(NCCOCCS(C)(=O)=O)N1CCN(c2ccccn2)CC1. The summed E-state index contributed by atoms with van der Waals surface area (Å²) < 4.78 is 27.4. The number of hydrogen-bond donors (Lipinski definition) is 1. The fourth-order valence-electron chi connectivity index (χ4n) is 2.57. The molecule has 1 aliphatic rings. The van der Waals surface area contributed by atoms with Gasteiger partial charge in [-0.15, -0.1) is 0 Å². The molecule has 0 spiro atoms. The fraction of sp³-hybridized carbons (Fsp3) is 0.625. The number of rotatable bonds is 7. The summed E-state index contributed by atoms with van der Waals surface area (Å²) in [6.45, 7) is 4.78. The molecule has 2 heterocycles. The first-order valence-electron chi connectivity index (χ1n) is 8.36. The third kappa shape index (κ3) is 6.87. The Kier molecular flexibility index (Phi) is 7.45. The summed E-state index contributed by atoms with van der Waals surface area (Å²) in [4.78, 5) is 13.2. The maximum atomic E-state index is 11.0. The molecular weight excluding hydrogens is 342 g/mol. The molecule has 0 saturated carbocycles. The van der Waals surface area contributed by atoms with E-state index in [4.69, 9.17) is 4.74 Å². The Labute approximate surface area is 149 Å². The highest BCUT2D eigenvalue weighted by Crippen LogP contribution is 2.12. The number of ether oxygens (including phenoxy) is 1. The maximum Gasteiger partial charge on any atom is 0.193 e. The van der Waals surface area contributed by atoms with Gasteiger partial charge in [-0.1, -0.05) is 6.07 Å². The number of piperazine rings is 1. The molecule has 0 aromatic carbocycles. The van der Waals surface area contributed by atoms with Crippen molar-refractivity contribution in [1.29, 1.82) is 0 Å². The van der Waals surface area contributed by atoms with Gasteiger partial charge in [0.05, 0.1) is 19.0 Å². The third-order valence-corrected chi connectivity index (χ3v) is 4.80. The van der Waals surface area contributed by atoms with Crippen LogP contribution in [0, 0.1) is 0 Å². The predicted octanol–water partition coefficient (Wildman–Crippen LogP) is -0.160. The van der Waals surface area contributed by atoms with Crippen molar-refractivity contribution in [3.63, 3.8) is 0 Å². The summed E-state index contributed by atoms with van der Waals surface area (Å²) in [5.41, 5.74) is 0. The second-order valence-electron chi connectivity index (χ2n) is 5.88. The van der Waals surface area contributed by atoms with Crippen molar-refractivity contribution in [2.45, 2.75) is 0 Å². The molecular formula is C16H27N5O3S. The zero-order chi connectivity index (χ0) is 18.1. The highest BCUT2D eigenvalue weighted by molar-refractivity contribution is 7.90. The molecule has 8 nitrogen and oxygen atoms in total. The van der Waals surface area contributed by atoms with Crippen LogP contribution in [0.1, 0.15) is 0 Å². The Hall–Kier alpha value is -1.87. The van der Waals surface area contributed by atoms with Crippen LogP contribution >= 0.6 is 0 Å². The van der Waals surface area contributed by atoms with Crippen molar-refractivity contribution in [2.75, 3.05) is 69.9 Å². The lowest BCUT2D eigenvalue weighted by molar-refractivity contribution is 0.153. The molecule has 0 atom stereocenters. The summed E-state index contributed by atoms with van der Waals surface area (Å²) in [6.07, 6.45) is 3.02. The second kappa shape index (κ2) is 9.57. The van der Waals surface area contributed by atoms with Gasteiger partial charge in [0.2, 0.25) is 0 Å². The average molecular weight is 369 g/mol. The summed E-state index contributed by atoms with van der Waals surface area (Å²) >= 11 is 0. The van der Waals surface area contributed by atoms with E-state index in [-0.39, 0.29) is 12.4 Å². The number of aromatic nitrogens is 1. The van der Waals surface area contributed by atoms with E-state index in [0.717, 1.165) is 38.0 Å². The summed E-state index contributed by atoms with van der Waals surface area (Å²) in [5, 5.41) is 3.26. The number of nitrogens with one attached hydrogen (secondary N) is 1. The predicted molar refractivity (Wildman–Crippen MR) is 99.9 cm³/mol. The van der Waals surface area contributed by atoms with Crippen molar-refractivity contribution < 1.29 is 13.2 Å². The lowest BCUT2D eigenvalue weighted by Gasteiger charge is -2.37. The minimum absolute atomic E-state index is 0.0528. The van der Waals surface area contributed by atoms with Gasteiger partial charge in [-0.2, -0.15) is 0 Å². The number of nitrogens with zero attached hydrogens (tertiary/aromatic N) is 4.